The lowest BCUT2D eigenvalue weighted by Gasteiger charge is -2.17. The minimum atomic E-state index is 0.711. The zero-order chi connectivity index (χ0) is 28.3. The third-order valence-corrected chi connectivity index (χ3v) is 7.15. The van der Waals surface area contributed by atoms with E-state index in [4.69, 9.17) is 24.3 Å². The molecule has 7 heteroatoms. The Kier molecular flexibility index (Phi) is 10.6. The van der Waals surface area contributed by atoms with Crippen molar-refractivity contribution < 1.29 is 14.2 Å². The molecule has 4 aromatic rings. The second-order valence-electron chi connectivity index (χ2n) is 9.73. The Morgan fingerprint density at radius 1 is 0.775 bits per heavy atom. The van der Waals surface area contributed by atoms with Crippen molar-refractivity contribution in [3.8, 4) is 45.5 Å². The van der Waals surface area contributed by atoms with Crippen LogP contribution in [0.5, 0.6) is 17.2 Å². The van der Waals surface area contributed by atoms with Gasteiger partial charge in [-0.25, -0.2) is 9.67 Å². The van der Waals surface area contributed by atoms with Crippen LogP contribution in [-0.4, -0.2) is 60.1 Å². The summed E-state index contributed by atoms with van der Waals surface area (Å²) in [5, 5.41) is 4.92. The van der Waals surface area contributed by atoms with Gasteiger partial charge in [0.15, 0.2) is 5.82 Å². The molecule has 0 aliphatic carbocycles. The molecule has 1 heterocycles. The summed E-state index contributed by atoms with van der Waals surface area (Å²) < 4.78 is 18.9. The Morgan fingerprint density at radius 2 is 1.48 bits per heavy atom. The number of aromatic nitrogens is 3. The van der Waals surface area contributed by atoms with E-state index in [0.29, 0.717) is 6.61 Å². The molecule has 0 bridgehead atoms. The van der Waals surface area contributed by atoms with E-state index >= 15 is 0 Å². The van der Waals surface area contributed by atoms with Crippen LogP contribution in [-0.2, 0) is 6.42 Å². The molecule has 0 fully saturated rings. The average Bonchev–Trinajstić information content (AvgIpc) is 3.44. The van der Waals surface area contributed by atoms with Crippen molar-refractivity contribution in [1.82, 2.24) is 19.7 Å². The molecule has 1 aromatic heterocycles. The highest BCUT2D eigenvalue weighted by Crippen LogP contribution is 2.34. The molecule has 3 aromatic carbocycles. The summed E-state index contributed by atoms with van der Waals surface area (Å²) in [7, 11) is 3.33. The Hall–Kier alpha value is -3.84. The standard InChI is InChI=1S/C33H42N4O3/c1-6-9-11-32-34-33(26-14-18-28(19-15-26)40-23-10-22-36(7-2)8-3)35-37(32)27-16-12-25(13-17-27)30-21-20-29(38-4)24-31(30)39-5/h12-21,24H,6-11,22-23H2,1-5H3. The summed E-state index contributed by atoms with van der Waals surface area (Å²) >= 11 is 0. The van der Waals surface area contributed by atoms with E-state index < -0.39 is 0 Å². The van der Waals surface area contributed by atoms with Crippen molar-refractivity contribution in [2.45, 2.75) is 46.5 Å². The fourth-order valence-corrected chi connectivity index (χ4v) is 4.71. The quantitative estimate of drug-likeness (QED) is 0.150. The number of nitrogens with zero attached hydrogens (tertiary/aromatic N) is 4. The summed E-state index contributed by atoms with van der Waals surface area (Å²) in [6, 6.07) is 22.3. The smallest absolute Gasteiger partial charge is 0.181 e. The molecule has 0 spiro atoms. The van der Waals surface area contributed by atoms with Gasteiger partial charge in [-0.2, -0.15) is 0 Å². The van der Waals surface area contributed by atoms with Crippen LogP contribution in [0.3, 0.4) is 0 Å². The monoisotopic (exact) mass is 542 g/mol. The van der Waals surface area contributed by atoms with Gasteiger partial charge in [0, 0.05) is 30.2 Å². The third kappa shape index (κ3) is 7.21. The van der Waals surface area contributed by atoms with Crippen molar-refractivity contribution in [2.75, 3.05) is 40.5 Å². The highest BCUT2D eigenvalue weighted by Gasteiger charge is 2.14. The predicted molar refractivity (Wildman–Crippen MR) is 162 cm³/mol. The Labute approximate surface area is 238 Å². The van der Waals surface area contributed by atoms with Crippen LogP contribution < -0.4 is 14.2 Å². The molecule has 0 amide bonds. The van der Waals surface area contributed by atoms with Gasteiger partial charge in [-0.05, 0) is 80.0 Å². The highest BCUT2D eigenvalue weighted by molar-refractivity contribution is 5.72. The van der Waals surface area contributed by atoms with Crippen LogP contribution in [0, 0.1) is 0 Å². The van der Waals surface area contributed by atoms with Gasteiger partial charge in [-0.3, -0.25) is 0 Å². The van der Waals surface area contributed by atoms with E-state index in [2.05, 4.69) is 49.9 Å². The molecular weight excluding hydrogens is 500 g/mol. The average molecular weight is 543 g/mol. The van der Waals surface area contributed by atoms with Crippen molar-refractivity contribution >= 4 is 0 Å². The second kappa shape index (κ2) is 14.5. The largest absolute Gasteiger partial charge is 0.497 e. The van der Waals surface area contributed by atoms with E-state index in [1.165, 1.54) is 0 Å². The fourth-order valence-electron chi connectivity index (χ4n) is 4.71. The number of rotatable bonds is 15. The van der Waals surface area contributed by atoms with E-state index in [-0.39, 0.29) is 0 Å². The van der Waals surface area contributed by atoms with Gasteiger partial charge in [0.25, 0.3) is 0 Å². The minimum absolute atomic E-state index is 0.711. The Balaban J connectivity index is 1.51. The maximum atomic E-state index is 5.98. The molecule has 0 saturated carbocycles. The molecule has 7 nitrogen and oxygen atoms in total. The van der Waals surface area contributed by atoms with E-state index in [0.717, 1.165) is 96.6 Å². The molecule has 0 aliphatic rings. The molecule has 0 unspecified atom stereocenters. The molecule has 0 saturated heterocycles. The number of ether oxygens (including phenoxy) is 3. The zero-order valence-corrected chi connectivity index (χ0v) is 24.5. The molecular formula is C33H42N4O3. The molecule has 0 aliphatic heterocycles. The molecule has 40 heavy (non-hydrogen) atoms. The number of benzene rings is 3. The summed E-state index contributed by atoms with van der Waals surface area (Å²) in [5.41, 5.74) is 4.03. The summed E-state index contributed by atoms with van der Waals surface area (Å²) in [5.74, 6) is 4.10. The fraction of sp³-hybridized carbons (Fsp3) is 0.394. The summed E-state index contributed by atoms with van der Waals surface area (Å²) in [4.78, 5) is 7.35. The van der Waals surface area contributed by atoms with Gasteiger partial charge in [-0.15, -0.1) is 5.10 Å². The second-order valence-corrected chi connectivity index (χ2v) is 9.73. The molecule has 0 atom stereocenters. The number of methoxy groups -OCH3 is 2. The predicted octanol–water partition coefficient (Wildman–Crippen LogP) is 7.07. The summed E-state index contributed by atoms with van der Waals surface area (Å²) in [6.45, 7) is 10.5. The van der Waals surface area contributed by atoms with Crippen molar-refractivity contribution in [3.05, 3.63) is 72.6 Å². The first-order chi connectivity index (χ1) is 19.6. The first kappa shape index (κ1) is 29.2. The van der Waals surface area contributed by atoms with Crippen molar-refractivity contribution in [1.29, 1.82) is 0 Å². The van der Waals surface area contributed by atoms with Crippen LogP contribution in [0.4, 0.5) is 0 Å². The van der Waals surface area contributed by atoms with Crippen molar-refractivity contribution in [2.24, 2.45) is 0 Å². The minimum Gasteiger partial charge on any atom is -0.497 e. The number of hydrogen-bond acceptors (Lipinski definition) is 6. The number of hydrogen-bond donors (Lipinski definition) is 0. The van der Waals surface area contributed by atoms with Crippen LogP contribution in [0.25, 0.3) is 28.2 Å². The SMILES string of the molecule is CCCCc1nc(-c2ccc(OCCCN(CC)CC)cc2)nn1-c1ccc(-c2ccc(OC)cc2OC)cc1. The van der Waals surface area contributed by atoms with Crippen LogP contribution >= 0.6 is 0 Å². The summed E-state index contributed by atoms with van der Waals surface area (Å²) in [6.07, 6.45) is 4.03. The van der Waals surface area contributed by atoms with E-state index in [1.807, 2.05) is 47.1 Å². The van der Waals surface area contributed by atoms with Gasteiger partial charge < -0.3 is 19.1 Å². The third-order valence-electron chi connectivity index (χ3n) is 7.15. The highest BCUT2D eigenvalue weighted by atomic mass is 16.5. The normalized spacial score (nSPS) is 11.2. The lowest BCUT2D eigenvalue weighted by Crippen LogP contribution is -2.25. The van der Waals surface area contributed by atoms with Crippen LogP contribution in [0.2, 0.25) is 0 Å². The lowest BCUT2D eigenvalue weighted by atomic mass is 10.0. The van der Waals surface area contributed by atoms with E-state index in [9.17, 15) is 0 Å². The maximum absolute atomic E-state index is 5.98. The van der Waals surface area contributed by atoms with Gasteiger partial charge in [0.2, 0.25) is 0 Å². The lowest BCUT2D eigenvalue weighted by molar-refractivity contribution is 0.249. The number of unbranched alkanes of at least 4 members (excludes halogenated alkanes) is 1. The van der Waals surface area contributed by atoms with Crippen LogP contribution in [0.15, 0.2) is 66.7 Å². The molecule has 0 N–H and O–H groups in total. The zero-order valence-electron chi connectivity index (χ0n) is 24.5. The topological polar surface area (TPSA) is 61.6 Å². The van der Waals surface area contributed by atoms with Gasteiger partial charge in [0.05, 0.1) is 26.5 Å². The molecule has 4 rings (SSSR count). The number of aryl methyl sites for hydroxylation is 1. The Bertz CT molecular complexity index is 1330. The maximum Gasteiger partial charge on any atom is 0.181 e. The first-order valence-electron chi connectivity index (χ1n) is 14.3. The first-order valence-corrected chi connectivity index (χ1v) is 14.3. The van der Waals surface area contributed by atoms with Crippen molar-refractivity contribution in [3.63, 3.8) is 0 Å². The van der Waals surface area contributed by atoms with E-state index in [1.54, 1.807) is 14.2 Å². The van der Waals surface area contributed by atoms with Crippen LogP contribution in [0.1, 0.15) is 45.9 Å². The van der Waals surface area contributed by atoms with Gasteiger partial charge in [-0.1, -0.05) is 39.3 Å². The molecule has 0 radical (unpaired) electrons. The van der Waals surface area contributed by atoms with Gasteiger partial charge >= 0.3 is 0 Å². The Morgan fingerprint density at radius 3 is 2.12 bits per heavy atom. The molecule has 212 valence electrons. The van der Waals surface area contributed by atoms with Gasteiger partial charge in [0.1, 0.15) is 23.1 Å².